The largest absolute Gasteiger partial charge is 0.507 e. The van der Waals surface area contributed by atoms with Crippen molar-refractivity contribution in [1.82, 2.24) is 0 Å². The number of hydrogen-bond donors (Lipinski definition) is 3. The van der Waals surface area contributed by atoms with Crippen LogP contribution in [-0.4, -0.2) is 15.3 Å². The molecule has 0 bridgehead atoms. The zero-order valence-corrected chi connectivity index (χ0v) is 18.4. The molecule has 0 aromatic heterocycles. The van der Waals surface area contributed by atoms with Gasteiger partial charge in [0.05, 0.1) is 5.56 Å². The lowest BCUT2D eigenvalue weighted by Gasteiger charge is -2.10. The van der Waals surface area contributed by atoms with Gasteiger partial charge < -0.3 is 15.3 Å². The van der Waals surface area contributed by atoms with Crippen molar-refractivity contribution in [3.63, 3.8) is 0 Å². The van der Waals surface area contributed by atoms with E-state index >= 15 is 0 Å². The maximum atomic E-state index is 10.4. The topological polar surface area (TPSA) is 60.7 Å². The Labute approximate surface area is 181 Å². The molecule has 0 amide bonds. The summed E-state index contributed by atoms with van der Waals surface area (Å²) in [6.45, 7) is 2.26. The Kier molecular flexibility index (Phi) is 10.9. The van der Waals surface area contributed by atoms with Crippen LogP contribution in [0.3, 0.4) is 0 Å². The molecule has 0 saturated carbocycles. The summed E-state index contributed by atoms with van der Waals surface area (Å²) >= 11 is 0. The van der Waals surface area contributed by atoms with Gasteiger partial charge >= 0.3 is 0 Å². The Bertz CT molecular complexity index is 820. The third-order valence-electron chi connectivity index (χ3n) is 5.59. The molecule has 0 radical (unpaired) electrons. The number of benzene rings is 2. The number of allylic oxidation sites excluding steroid dienone is 3. The Hall–Kier alpha value is -2.42. The van der Waals surface area contributed by atoms with Gasteiger partial charge in [-0.25, -0.2) is 0 Å². The Morgan fingerprint density at radius 2 is 1.10 bits per heavy atom. The lowest BCUT2D eigenvalue weighted by atomic mass is 10.0. The molecule has 2 aromatic rings. The van der Waals surface area contributed by atoms with E-state index < -0.39 is 0 Å². The number of phenolic OH excluding ortho intramolecular Hbond substituents is 3. The first-order chi connectivity index (χ1) is 14.7. The second-order valence-corrected chi connectivity index (χ2v) is 8.07. The molecule has 0 heterocycles. The number of hydrogen-bond acceptors (Lipinski definition) is 3. The second kappa shape index (κ2) is 13.7. The molecule has 0 aliphatic rings. The van der Waals surface area contributed by atoms with Crippen LogP contribution in [0.5, 0.6) is 17.2 Å². The van der Waals surface area contributed by atoms with Gasteiger partial charge in [-0.1, -0.05) is 94.0 Å². The maximum Gasteiger partial charge on any atom is 0.169 e. The predicted octanol–water partition coefficient (Wildman–Crippen LogP) is 8.23. The summed E-state index contributed by atoms with van der Waals surface area (Å²) in [5.41, 5.74) is 0.281. The maximum absolute atomic E-state index is 10.4. The van der Waals surface area contributed by atoms with E-state index in [0.29, 0.717) is 10.8 Å². The van der Waals surface area contributed by atoms with Gasteiger partial charge in [-0.3, -0.25) is 0 Å². The average molecular weight is 411 g/mol. The van der Waals surface area contributed by atoms with Crippen molar-refractivity contribution in [2.45, 2.75) is 84.0 Å². The minimum absolute atomic E-state index is 0.00708. The summed E-state index contributed by atoms with van der Waals surface area (Å²) in [7, 11) is 0. The van der Waals surface area contributed by atoms with Crippen LogP contribution < -0.4 is 0 Å². The third-order valence-corrected chi connectivity index (χ3v) is 5.59. The normalized spacial score (nSPS) is 11.9. The van der Waals surface area contributed by atoms with Gasteiger partial charge in [0.1, 0.15) is 5.75 Å². The van der Waals surface area contributed by atoms with E-state index in [0.717, 1.165) is 25.7 Å². The van der Waals surface area contributed by atoms with Crippen molar-refractivity contribution in [3.8, 4) is 17.2 Å². The van der Waals surface area contributed by atoms with E-state index in [4.69, 9.17) is 0 Å². The summed E-state index contributed by atoms with van der Waals surface area (Å²) in [4.78, 5) is 0. The molecular weight excluding hydrogens is 372 g/mol. The van der Waals surface area contributed by atoms with Crippen molar-refractivity contribution < 1.29 is 15.3 Å². The van der Waals surface area contributed by atoms with Crippen molar-refractivity contribution in [1.29, 1.82) is 0 Å². The second-order valence-electron chi connectivity index (χ2n) is 8.07. The van der Waals surface area contributed by atoms with Crippen LogP contribution >= 0.6 is 0 Å². The number of aromatic hydroxyl groups is 3. The van der Waals surface area contributed by atoms with E-state index in [1.54, 1.807) is 30.3 Å². The molecular formula is C27H38O3. The van der Waals surface area contributed by atoms with Gasteiger partial charge in [-0.05, 0) is 38.5 Å². The first kappa shape index (κ1) is 23.9. The molecule has 0 atom stereocenters. The molecule has 3 nitrogen and oxygen atoms in total. The SMILES string of the molecule is CCCCCCCCC=CCCCCCC=Cc1c(O)c(O)c2ccccc2c1O. The fourth-order valence-corrected chi connectivity index (χ4v) is 3.75. The van der Waals surface area contributed by atoms with Crippen LogP contribution in [0.4, 0.5) is 0 Å². The van der Waals surface area contributed by atoms with Gasteiger partial charge in [0.2, 0.25) is 0 Å². The fraction of sp³-hybridized carbons (Fsp3) is 0.481. The highest BCUT2D eigenvalue weighted by atomic mass is 16.3. The first-order valence-electron chi connectivity index (χ1n) is 11.6. The Balaban J connectivity index is 1.64. The van der Waals surface area contributed by atoms with Crippen LogP contribution in [0.2, 0.25) is 0 Å². The summed E-state index contributed by atoms with van der Waals surface area (Å²) in [5, 5.41) is 31.8. The molecule has 0 aliphatic heterocycles. The smallest absolute Gasteiger partial charge is 0.169 e. The van der Waals surface area contributed by atoms with E-state index in [-0.39, 0.29) is 22.8 Å². The molecule has 3 heteroatoms. The van der Waals surface area contributed by atoms with Crippen LogP contribution in [-0.2, 0) is 0 Å². The molecule has 0 unspecified atom stereocenters. The Morgan fingerprint density at radius 3 is 1.73 bits per heavy atom. The highest BCUT2D eigenvalue weighted by Crippen LogP contribution is 2.44. The van der Waals surface area contributed by atoms with E-state index in [1.165, 1.54) is 51.4 Å². The minimum atomic E-state index is -0.266. The van der Waals surface area contributed by atoms with Gasteiger partial charge in [0.15, 0.2) is 11.5 Å². The average Bonchev–Trinajstić information content (AvgIpc) is 2.77. The molecule has 0 saturated heterocycles. The molecule has 0 fully saturated rings. The van der Waals surface area contributed by atoms with Gasteiger partial charge in [-0.15, -0.1) is 0 Å². The number of phenols is 3. The highest BCUT2D eigenvalue weighted by molar-refractivity contribution is 5.98. The van der Waals surface area contributed by atoms with Crippen molar-refractivity contribution in [2.75, 3.05) is 0 Å². The van der Waals surface area contributed by atoms with Gasteiger partial charge in [0, 0.05) is 10.8 Å². The minimum Gasteiger partial charge on any atom is -0.507 e. The van der Waals surface area contributed by atoms with Crippen molar-refractivity contribution >= 4 is 16.8 Å². The van der Waals surface area contributed by atoms with Crippen LogP contribution in [0, 0.1) is 0 Å². The standard InChI is InChI=1S/C27H38O3/c1-2-3-4-5-6-7-8-9-10-11-12-13-14-15-16-21-24-25(28)22-19-17-18-20-23(22)26(29)27(24)30/h9-10,16-21,28-30H,2-8,11-15H2,1H3. The molecule has 2 rings (SSSR count). The first-order valence-corrected chi connectivity index (χ1v) is 11.6. The fourth-order valence-electron chi connectivity index (χ4n) is 3.75. The van der Waals surface area contributed by atoms with E-state index in [1.807, 2.05) is 6.08 Å². The summed E-state index contributed by atoms with van der Waals surface area (Å²) in [6.07, 6.45) is 23.1. The van der Waals surface area contributed by atoms with Crippen molar-refractivity contribution in [3.05, 3.63) is 48.1 Å². The monoisotopic (exact) mass is 410 g/mol. The highest BCUT2D eigenvalue weighted by Gasteiger charge is 2.15. The number of unbranched alkanes of at least 4 members (excludes halogenated alkanes) is 10. The summed E-state index contributed by atoms with van der Waals surface area (Å²) in [6, 6.07) is 6.98. The van der Waals surface area contributed by atoms with Crippen LogP contribution in [0.1, 0.15) is 89.5 Å². The van der Waals surface area contributed by atoms with Crippen LogP contribution in [0.15, 0.2) is 42.5 Å². The molecule has 0 aliphatic carbocycles. The van der Waals surface area contributed by atoms with Crippen LogP contribution in [0.25, 0.3) is 16.8 Å². The quantitative estimate of drug-likeness (QED) is 0.127. The predicted molar refractivity (Wildman–Crippen MR) is 128 cm³/mol. The zero-order valence-electron chi connectivity index (χ0n) is 18.4. The molecule has 2 aromatic carbocycles. The Morgan fingerprint density at radius 1 is 0.600 bits per heavy atom. The van der Waals surface area contributed by atoms with Gasteiger partial charge in [-0.2, -0.15) is 0 Å². The molecule has 3 N–H and O–H groups in total. The van der Waals surface area contributed by atoms with E-state index in [9.17, 15) is 15.3 Å². The number of rotatable bonds is 14. The summed E-state index contributed by atoms with van der Waals surface area (Å²) < 4.78 is 0. The van der Waals surface area contributed by atoms with E-state index in [2.05, 4.69) is 19.1 Å². The lowest BCUT2D eigenvalue weighted by molar-refractivity contribution is 0.401. The van der Waals surface area contributed by atoms with Gasteiger partial charge in [0.25, 0.3) is 0 Å². The summed E-state index contributed by atoms with van der Waals surface area (Å²) in [5.74, 6) is -0.443. The lowest BCUT2D eigenvalue weighted by Crippen LogP contribution is -1.83. The molecule has 164 valence electrons. The third kappa shape index (κ3) is 7.44. The number of fused-ring (bicyclic) bond motifs is 1. The van der Waals surface area contributed by atoms with Crippen molar-refractivity contribution in [2.24, 2.45) is 0 Å². The molecule has 30 heavy (non-hydrogen) atoms. The zero-order chi connectivity index (χ0) is 21.6. The molecule has 0 spiro atoms.